The molecule has 0 saturated heterocycles. The van der Waals surface area contributed by atoms with Crippen molar-refractivity contribution in [2.45, 2.75) is 39.2 Å². The fourth-order valence-electron chi connectivity index (χ4n) is 4.18. The Bertz CT molecular complexity index is 1330. The molecule has 5 rings (SSSR count). The third-order valence-electron chi connectivity index (χ3n) is 5.66. The molecule has 0 spiro atoms. The molecule has 1 aliphatic rings. The molecule has 0 saturated carbocycles. The highest BCUT2D eigenvalue weighted by Crippen LogP contribution is 2.37. The standard InChI is InChI=1S/C25H24FN5O2/c1-14-10-15(2)29-25(28-14)19-5-3-4-16-11-18(33-24(16)19)13-27-23(32)9-8-22-30-20-7-6-17(26)12-21(20)31-22/h3-7,10,12,18H,8-9,11,13H2,1-2H3,(H,27,32)(H,30,31)/t18-/m0/s1. The average molecular weight is 445 g/mol. The van der Waals surface area contributed by atoms with Gasteiger partial charge in [-0.15, -0.1) is 0 Å². The molecule has 168 valence electrons. The maximum atomic E-state index is 13.3. The van der Waals surface area contributed by atoms with Crippen molar-refractivity contribution in [3.63, 3.8) is 0 Å². The number of benzene rings is 2. The average Bonchev–Trinajstić information content (AvgIpc) is 3.38. The molecule has 0 unspecified atom stereocenters. The zero-order valence-electron chi connectivity index (χ0n) is 18.5. The number of nitrogens with zero attached hydrogens (tertiary/aromatic N) is 3. The minimum absolute atomic E-state index is 0.0842. The summed E-state index contributed by atoms with van der Waals surface area (Å²) in [5.41, 5.74) is 5.09. The fraction of sp³-hybridized carbons (Fsp3) is 0.280. The number of aryl methyl sites for hydroxylation is 3. The van der Waals surface area contributed by atoms with E-state index >= 15 is 0 Å². The Morgan fingerprint density at radius 1 is 1.15 bits per heavy atom. The number of imidazole rings is 1. The number of para-hydroxylation sites is 1. The molecule has 0 fully saturated rings. The molecule has 7 nitrogen and oxygen atoms in total. The number of amides is 1. The third kappa shape index (κ3) is 4.55. The van der Waals surface area contributed by atoms with Gasteiger partial charge >= 0.3 is 0 Å². The Morgan fingerprint density at radius 2 is 1.97 bits per heavy atom. The first-order chi connectivity index (χ1) is 15.9. The zero-order valence-corrected chi connectivity index (χ0v) is 18.5. The topological polar surface area (TPSA) is 92.8 Å². The SMILES string of the molecule is Cc1cc(C)nc(-c2cccc3c2O[C@H](CNC(=O)CCc2nc4ccc(F)cc4[nH]2)C3)n1. The lowest BCUT2D eigenvalue weighted by Crippen LogP contribution is -2.34. The highest BCUT2D eigenvalue weighted by Gasteiger charge is 2.27. The second-order valence-corrected chi connectivity index (χ2v) is 8.36. The molecule has 4 aromatic rings. The van der Waals surface area contributed by atoms with E-state index in [9.17, 15) is 9.18 Å². The van der Waals surface area contributed by atoms with Crippen molar-refractivity contribution in [3.05, 3.63) is 71.1 Å². The van der Waals surface area contributed by atoms with Crippen molar-refractivity contribution >= 4 is 16.9 Å². The number of hydrogen-bond donors (Lipinski definition) is 2. The number of rotatable bonds is 6. The zero-order chi connectivity index (χ0) is 22.9. The number of aromatic amines is 1. The van der Waals surface area contributed by atoms with Gasteiger partial charge in [0.15, 0.2) is 5.82 Å². The summed E-state index contributed by atoms with van der Waals surface area (Å²) in [6.45, 7) is 4.31. The summed E-state index contributed by atoms with van der Waals surface area (Å²) in [5.74, 6) is 1.70. The maximum absolute atomic E-state index is 13.3. The lowest BCUT2D eigenvalue weighted by Gasteiger charge is -2.13. The van der Waals surface area contributed by atoms with Crippen LogP contribution < -0.4 is 10.1 Å². The van der Waals surface area contributed by atoms with Crippen LogP contribution in [0.3, 0.4) is 0 Å². The summed E-state index contributed by atoms with van der Waals surface area (Å²) in [5, 5.41) is 2.95. The van der Waals surface area contributed by atoms with Crippen LogP contribution in [0, 0.1) is 19.7 Å². The molecule has 33 heavy (non-hydrogen) atoms. The summed E-state index contributed by atoms with van der Waals surface area (Å²) in [4.78, 5) is 29.0. The molecule has 0 bridgehead atoms. The first-order valence-electron chi connectivity index (χ1n) is 11.0. The Labute approximate surface area is 190 Å². The number of ether oxygens (including phenoxy) is 1. The largest absolute Gasteiger partial charge is 0.487 e. The van der Waals surface area contributed by atoms with Gasteiger partial charge in [-0.25, -0.2) is 19.3 Å². The van der Waals surface area contributed by atoms with Crippen LogP contribution in [0.15, 0.2) is 42.5 Å². The molecular formula is C25H24FN5O2. The van der Waals surface area contributed by atoms with Crippen molar-refractivity contribution < 1.29 is 13.9 Å². The molecule has 2 N–H and O–H groups in total. The molecule has 2 aromatic heterocycles. The van der Waals surface area contributed by atoms with Gasteiger partial charge in [0, 0.05) is 30.7 Å². The highest BCUT2D eigenvalue weighted by molar-refractivity contribution is 5.77. The predicted octanol–water partition coefficient (Wildman–Crippen LogP) is 3.83. The molecule has 1 amide bonds. The monoisotopic (exact) mass is 445 g/mol. The van der Waals surface area contributed by atoms with Gasteiger partial charge in [-0.05, 0) is 49.7 Å². The Balaban J connectivity index is 1.18. The maximum Gasteiger partial charge on any atom is 0.220 e. The van der Waals surface area contributed by atoms with Crippen molar-refractivity contribution in [1.82, 2.24) is 25.3 Å². The molecule has 2 aromatic carbocycles. The molecule has 1 aliphatic heterocycles. The molecule has 3 heterocycles. The molecule has 8 heteroatoms. The van der Waals surface area contributed by atoms with Gasteiger partial charge in [0.1, 0.15) is 23.5 Å². The van der Waals surface area contributed by atoms with Crippen molar-refractivity contribution in [2.24, 2.45) is 0 Å². The van der Waals surface area contributed by atoms with Gasteiger partial charge in [0.05, 0.1) is 23.1 Å². The number of halogens is 1. The van der Waals surface area contributed by atoms with Crippen molar-refractivity contribution in [1.29, 1.82) is 0 Å². The minimum Gasteiger partial charge on any atom is -0.487 e. The summed E-state index contributed by atoms with van der Waals surface area (Å²) in [6, 6.07) is 12.3. The number of carbonyl (C=O) groups excluding carboxylic acids is 1. The van der Waals surface area contributed by atoms with Crippen LogP contribution in [0.4, 0.5) is 4.39 Å². The van der Waals surface area contributed by atoms with Crippen LogP contribution in [0.5, 0.6) is 5.75 Å². The van der Waals surface area contributed by atoms with Crippen LogP contribution >= 0.6 is 0 Å². The molecule has 0 aliphatic carbocycles. The van der Waals surface area contributed by atoms with Crippen molar-refractivity contribution in [3.8, 4) is 17.1 Å². The number of hydrogen-bond acceptors (Lipinski definition) is 5. The molecular weight excluding hydrogens is 421 g/mol. The van der Waals surface area contributed by atoms with Gasteiger partial charge < -0.3 is 15.0 Å². The van der Waals surface area contributed by atoms with Crippen molar-refractivity contribution in [2.75, 3.05) is 6.54 Å². The summed E-state index contributed by atoms with van der Waals surface area (Å²) >= 11 is 0. The van der Waals surface area contributed by atoms with E-state index in [0.29, 0.717) is 42.1 Å². The van der Waals surface area contributed by atoms with E-state index in [1.165, 1.54) is 12.1 Å². The van der Waals surface area contributed by atoms with Crippen LogP contribution in [0.2, 0.25) is 0 Å². The van der Waals surface area contributed by atoms with Gasteiger partial charge in [-0.2, -0.15) is 0 Å². The van der Waals surface area contributed by atoms with E-state index in [1.807, 2.05) is 38.1 Å². The lowest BCUT2D eigenvalue weighted by atomic mass is 10.1. The first-order valence-corrected chi connectivity index (χ1v) is 11.0. The molecule has 0 radical (unpaired) electrons. The fourth-order valence-corrected chi connectivity index (χ4v) is 4.18. The van der Waals surface area contributed by atoms with Gasteiger partial charge in [-0.3, -0.25) is 4.79 Å². The van der Waals surface area contributed by atoms with E-state index in [0.717, 1.165) is 28.3 Å². The Hall–Kier alpha value is -3.81. The summed E-state index contributed by atoms with van der Waals surface area (Å²) in [6.07, 6.45) is 1.29. The van der Waals surface area contributed by atoms with E-state index in [-0.39, 0.29) is 24.2 Å². The second kappa shape index (κ2) is 8.61. The lowest BCUT2D eigenvalue weighted by molar-refractivity contribution is -0.121. The third-order valence-corrected chi connectivity index (χ3v) is 5.66. The minimum atomic E-state index is -0.319. The first kappa shape index (κ1) is 21.1. The van der Waals surface area contributed by atoms with Crippen LogP contribution in [-0.4, -0.2) is 38.5 Å². The van der Waals surface area contributed by atoms with Crippen LogP contribution in [0.25, 0.3) is 22.4 Å². The highest BCUT2D eigenvalue weighted by atomic mass is 19.1. The number of fused-ring (bicyclic) bond motifs is 2. The number of aromatic nitrogens is 4. The van der Waals surface area contributed by atoms with Gasteiger partial charge in [-0.1, -0.05) is 12.1 Å². The van der Waals surface area contributed by atoms with Crippen LogP contribution in [0.1, 0.15) is 29.2 Å². The number of nitrogens with one attached hydrogen (secondary N) is 2. The molecule has 1 atom stereocenters. The van der Waals surface area contributed by atoms with E-state index < -0.39 is 0 Å². The summed E-state index contributed by atoms with van der Waals surface area (Å²) < 4.78 is 19.5. The second-order valence-electron chi connectivity index (χ2n) is 8.36. The van der Waals surface area contributed by atoms with Crippen LogP contribution in [-0.2, 0) is 17.6 Å². The quantitative estimate of drug-likeness (QED) is 0.471. The number of H-pyrrole nitrogens is 1. The smallest absolute Gasteiger partial charge is 0.220 e. The normalized spacial score (nSPS) is 14.8. The Kier molecular flexibility index (Phi) is 5.50. The summed E-state index contributed by atoms with van der Waals surface area (Å²) in [7, 11) is 0. The van der Waals surface area contributed by atoms with Gasteiger partial charge in [0.25, 0.3) is 0 Å². The van der Waals surface area contributed by atoms with E-state index in [4.69, 9.17) is 4.74 Å². The van der Waals surface area contributed by atoms with E-state index in [2.05, 4.69) is 25.3 Å². The van der Waals surface area contributed by atoms with E-state index in [1.54, 1.807) is 6.07 Å². The predicted molar refractivity (Wildman–Crippen MR) is 122 cm³/mol. The number of carbonyl (C=O) groups is 1. The Morgan fingerprint density at radius 3 is 2.79 bits per heavy atom. The van der Waals surface area contributed by atoms with Gasteiger partial charge in [0.2, 0.25) is 5.91 Å².